The summed E-state index contributed by atoms with van der Waals surface area (Å²) in [5, 5.41) is 5.26. The lowest BCUT2D eigenvalue weighted by atomic mass is 10.2. The van der Waals surface area contributed by atoms with E-state index in [1.165, 1.54) is 25.3 Å². The van der Waals surface area contributed by atoms with Crippen LogP contribution < -0.4 is 20.1 Å². The summed E-state index contributed by atoms with van der Waals surface area (Å²) in [6.45, 7) is 4.02. The van der Waals surface area contributed by atoms with Crippen LogP contribution >= 0.6 is 0 Å². The molecule has 9 heteroatoms. The Balaban J connectivity index is 2.17. The molecule has 1 aromatic carbocycles. The van der Waals surface area contributed by atoms with Gasteiger partial charge in [0.15, 0.2) is 0 Å². The Morgan fingerprint density at radius 3 is 2.58 bits per heavy atom. The average molecular weight is 383 g/mol. The molecule has 8 nitrogen and oxygen atoms in total. The molecule has 0 aliphatic heterocycles. The monoisotopic (exact) mass is 383 g/mol. The van der Waals surface area contributed by atoms with E-state index in [9.17, 15) is 18.0 Å². The molecule has 1 aliphatic rings. The second-order valence-electron chi connectivity index (χ2n) is 6.25. The number of hydrogen-bond acceptors (Lipinski definition) is 5. The van der Waals surface area contributed by atoms with Crippen LogP contribution in [0.25, 0.3) is 0 Å². The van der Waals surface area contributed by atoms with Crippen LogP contribution in [0.15, 0.2) is 23.1 Å². The van der Waals surface area contributed by atoms with Gasteiger partial charge in [0.1, 0.15) is 16.7 Å². The second-order valence-corrected chi connectivity index (χ2v) is 7.93. The molecule has 144 valence electrons. The molecular weight excluding hydrogens is 358 g/mol. The fourth-order valence-electron chi connectivity index (χ4n) is 2.26. The van der Waals surface area contributed by atoms with Crippen molar-refractivity contribution >= 4 is 21.8 Å². The van der Waals surface area contributed by atoms with Gasteiger partial charge in [-0.05, 0) is 44.4 Å². The second kappa shape index (κ2) is 8.50. The van der Waals surface area contributed by atoms with Crippen molar-refractivity contribution in [1.29, 1.82) is 0 Å². The van der Waals surface area contributed by atoms with E-state index in [2.05, 4.69) is 15.4 Å². The maximum Gasteiger partial charge on any atom is 0.251 e. The number of hydrogen-bond donors (Lipinski definition) is 3. The summed E-state index contributed by atoms with van der Waals surface area (Å²) in [4.78, 5) is 24.2. The molecule has 1 aliphatic carbocycles. The summed E-state index contributed by atoms with van der Waals surface area (Å²) >= 11 is 0. The first-order chi connectivity index (χ1) is 12.3. The summed E-state index contributed by atoms with van der Waals surface area (Å²) in [5.41, 5.74) is 0.136. The van der Waals surface area contributed by atoms with E-state index in [0.717, 1.165) is 19.3 Å². The number of carbonyl (C=O) groups is 2. The molecule has 26 heavy (non-hydrogen) atoms. The number of methoxy groups -OCH3 is 1. The molecule has 1 saturated carbocycles. The van der Waals surface area contributed by atoms with Gasteiger partial charge in [0.25, 0.3) is 5.91 Å². The van der Waals surface area contributed by atoms with Crippen LogP contribution in [0.2, 0.25) is 0 Å². The number of carbonyl (C=O) groups excluding carboxylic acids is 2. The molecule has 2 rings (SSSR count). The minimum atomic E-state index is -3.79. The van der Waals surface area contributed by atoms with Gasteiger partial charge in [-0.3, -0.25) is 9.59 Å². The van der Waals surface area contributed by atoms with Crippen molar-refractivity contribution in [2.45, 2.75) is 50.1 Å². The lowest BCUT2D eigenvalue weighted by Gasteiger charge is -2.15. The van der Waals surface area contributed by atoms with Crippen LogP contribution in [0.1, 0.15) is 43.5 Å². The molecule has 0 bridgehead atoms. The quantitative estimate of drug-likeness (QED) is 0.583. The Labute approximate surface area is 153 Å². The summed E-state index contributed by atoms with van der Waals surface area (Å²) in [5.74, 6) is -0.671. The third-order valence-corrected chi connectivity index (χ3v) is 5.45. The van der Waals surface area contributed by atoms with Gasteiger partial charge in [0.05, 0.1) is 7.11 Å². The molecule has 1 unspecified atom stereocenters. The lowest BCUT2D eigenvalue weighted by Crippen LogP contribution is -2.45. The first-order valence-corrected chi connectivity index (χ1v) is 10.1. The zero-order chi connectivity index (χ0) is 19.3. The van der Waals surface area contributed by atoms with Gasteiger partial charge in [0.2, 0.25) is 15.9 Å². The fraction of sp³-hybridized carbons (Fsp3) is 0.529. The molecule has 0 spiro atoms. The Morgan fingerprint density at radius 1 is 1.31 bits per heavy atom. The molecule has 1 aromatic rings. The summed E-state index contributed by atoms with van der Waals surface area (Å²) < 4.78 is 32.7. The first-order valence-electron chi connectivity index (χ1n) is 8.57. The molecule has 0 heterocycles. The van der Waals surface area contributed by atoms with E-state index in [-0.39, 0.29) is 28.2 Å². The van der Waals surface area contributed by atoms with E-state index < -0.39 is 22.0 Å². The van der Waals surface area contributed by atoms with Crippen LogP contribution in [-0.2, 0) is 14.8 Å². The standard InChI is InChI=1S/C17H25N3O5S/c1-4-9-18-16(21)11(2)19-17(22)12-5-8-14(25-3)15(10-12)26(23,24)20-13-6-7-13/h5,8,10-11,13,20H,4,6-7,9H2,1-3H3,(H,18,21)(H,19,22). The Morgan fingerprint density at radius 2 is 2.00 bits per heavy atom. The minimum absolute atomic E-state index is 0.0653. The van der Waals surface area contributed by atoms with Gasteiger partial charge in [-0.25, -0.2) is 13.1 Å². The fourth-order valence-corrected chi connectivity index (χ4v) is 3.76. The van der Waals surface area contributed by atoms with Crippen molar-refractivity contribution in [1.82, 2.24) is 15.4 Å². The zero-order valence-corrected chi connectivity index (χ0v) is 16.0. The van der Waals surface area contributed by atoms with E-state index in [1.54, 1.807) is 6.92 Å². The van der Waals surface area contributed by atoms with Crippen molar-refractivity contribution in [2.24, 2.45) is 0 Å². The molecule has 0 aromatic heterocycles. The maximum atomic E-state index is 12.5. The number of ether oxygens (including phenoxy) is 1. The highest BCUT2D eigenvalue weighted by molar-refractivity contribution is 7.89. The number of amides is 2. The van der Waals surface area contributed by atoms with Crippen LogP contribution in [-0.4, -0.2) is 46.0 Å². The lowest BCUT2D eigenvalue weighted by molar-refractivity contribution is -0.122. The summed E-state index contributed by atoms with van der Waals surface area (Å²) in [7, 11) is -2.42. The van der Waals surface area contributed by atoms with E-state index in [0.29, 0.717) is 6.54 Å². The highest BCUT2D eigenvalue weighted by atomic mass is 32.2. The normalized spacial score (nSPS) is 15.2. The molecule has 0 saturated heterocycles. The number of rotatable bonds is 9. The van der Waals surface area contributed by atoms with Gasteiger partial charge in [-0.2, -0.15) is 0 Å². The topological polar surface area (TPSA) is 114 Å². The first kappa shape index (κ1) is 20.2. The van der Waals surface area contributed by atoms with Crippen LogP contribution in [0, 0.1) is 0 Å². The smallest absolute Gasteiger partial charge is 0.251 e. The van der Waals surface area contributed by atoms with Crippen molar-refractivity contribution < 1.29 is 22.7 Å². The average Bonchev–Trinajstić information content (AvgIpc) is 3.42. The Hall–Kier alpha value is -2.13. The van der Waals surface area contributed by atoms with Gasteiger partial charge in [-0.15, -0.1) is 0 Å². The molecule has 0 radical (unpaired) electrons. The molecule has 1 fully saturated rings. The molecule has 2 amide bonds. The van der Waals surface area contributed by atoms with E-state index in [1.807, 2.05) is 6.92 Å². The van der Waals surface area contributed by atoms with E-state index >= 15 is 0 Å². The van der Waals surface area contributed by atoms with Crippen LogP contribution in [0.4, 0.5) is 0 Å². The SMILES string of the molecule is CCCNC(=O)C(C)NC(=O)c1ccc(OC)c(S(=O)(=O)NC2CC2)c1. The van der Waals surface area contributed by atoms with Gasteiger partial charge in [-0.1, -0.05) is 6.92 Å². The molecular formula is C17H25N3O5S. The van der Waals surface area contributed by atoms with Crippen molar-refractivity contribution in [3.05, 3.63) is 23.8 Å². The largest absolute Gasteiger partial charge is 0.495 e. The summed E-state index contributed by atoms with van der Waals surface area (Å²) in [6.07, 6.45) is 2.39. The highest BCUT2D eigenvalue weighted by Gasteiger charge is 2.30. The van der Waals surface area contributed by atoms with Crippen molar-refractivity contribution in [3.8, 4) is 5.75 Å². The van der Waals surface area contributed by atoms with Crippen LogP contribution in [0.5, 0.6) is 5.75 Å². The number of benzene rings is 1. The number of sulfonamides is 1. The van der Waals surface area contributed by atoms with Gasteiger partial charge < -0.3 is 15.4 Å². The third-order valence-electron chi connectivity index (χ3n) is 3.90. The minimum Gasteiger partial charge on any atom is -0.495 e. The third kappa shape index (κ3) is 5.18. The molecule has 3 N–H and O–H groups in total. The number of nitrogens with one attached hydrogen (secondary N) is 3. The predicted octanol–water partition coefficient (Wildman–Crippen LogP) is 0.780. The van der Waals surface area contributed by atoms with Crippen molar-refractivity contribution in [3.63, 3.8) is 0 Å². The molecule has 1 atom stereocenters. The maximum absolute atomic E-state index is 12.5. The zero-order valence-electron chi connectivity index (χ0n) is 15.2. The summed E-state index contributed by atoms with van der Waals surface area (Å²) in [6, 6.07) is 3.35. The predicted molar refractivity (Wildman–Crippen MR) is 96.6 cm³/mol. The Kier molecular flexibility index (Phi) is 6.60. The van der Waals surface area contributed by atoms with Crippen molar-refractivity contribution in [2.75, 3.05) is 13.7 Å². The van der Waals surface area contributed by atoms with Gasteiger partial charge in [0, 0.05) is 18.2 Å². The van der Waals surface area contributed by atoms with Gasteiger partial charge >= 0.3 is 0 Å². The van der Waals surface area contributed by atoms with Crippen LogP contribution in [0.3, 0.4) is 0 Å². The highest BCUT2D eigenvalue weighted by Crippen LogP contribution is 2.28. The Bertz CT molecular complexity index is 775. The van der Waals surface area contributed by atoms with E-state index in [4.69, 9.17) is 4.74 Å².